The lowest BCUT2D eigenvalue weighted by atomic mass is 10.0. The zero-order valence-corrected chi connectivity index (χ0v) is 11.5. The number of pyridine rings is 1. The first-order valence-electron chi connectivity index (χ1n) is 6.12. The van der Waals surface area contributed by atoms with Crippen LogP contribution in [0.1, 0.15) is 23.8 Å². The normalized spacial score (nSPS) is 12.2. The van der Waals surface area contributed by atoms with Crippen molar-refractivity contribution in [2.75, 3.05) is 7.11 Å². The molecule has 19 heavy (non-hydrogen) atoms. The summed E-state index contributed by atoms with van der Waals surface area (Å²) in [5.74, 6) is 0.831. The molecule has 0 bridgehead atoms. The minimum absolute atomic E-state index is 0.504. The Morgan fingerprint density at radius 3 is 2.63 bits per heavy atom. The van der Waals surface area contributed by atoms with E-state index in [1.165, 1.54) is 0 Å². The van der Waals surface area contributed by atoms with E-state index in [-0.39, 0.29) is 0 Å². The summed E-state index contributed by atoms with van der Waals surface area (Å²) in [6.45, 7) is 0. The van der Waals surface area contributed by atoms with Gasteiger partial charge in [0, 0.05) is 6.20 Å². The Hall–Kier alpha value is -1.58. The van der Waals surface area contributed by atoms with Gasteiger partial charge in [0.15, 0.2) is 0 Å². The molecule has 1 aromatic heterocycles. The Kier molecular flexibility index (Phi) is 4.77. The minimum atomic E-state index is -0.643. The second-order valence-electron chi connectivity index (χ2n) is 4.27. The number of halogens is 1. The van der Waals surface area contributed by atoms with E-state index in [2.05, 4.69) is 4.98 Å². The second-order valence-corrected chi connectivity index (χ2v) is 4.68. The van der Waals surface area contributed by atoms with E-state index in [1.807, 2.05) is 24.3 Å². The van der Waals surface area contributed by atoms with Crippen molar-refractivity contribution < 1.29 is 9.84 Å². The van der Waals surface area contributed by atoms with E-state index in [0.717, 1.165) is 17.7 Å². The fourth-order valence-electron chi connectivity index (χ4n) is 1.88. The zero-order chi connectivity index (χ0) is 13.7. The maximum absolute atomic E-state index is 10.1. The number of aromatic nitrogens is 1. The third-order valence-corrected chi connectivity index (χ3v) is 3.29. The number of aliphatic hydroxyl groups excluding tert-OH is 1. The highest BCUT2D eigenvalue weighted by Crippen LogP contribution is 2.24. The Bertz CT molecular complexity index is 528. The average molecular weight is 278 g/mol. The molecule has 0 aliphatic carbocycles. The zero-order valence-electron chi connectivity index (χ0n) is 10.7. The van der Waals surface area contributed by atoms with Crippen molar-refractivity contribution in [3.63, 3.8) is 0 Å². The van der Waals surface area contributed by atoms with Crippen molar-refractivity contribution in [3.8, 4) is 5.75 Å². The van der Waals surface area contributed by atoms with Gasteiger partial charge < -0.3 is 9.84 Å². The molecule has 3 nitrogen and oxygen atoms in total. The van der Waals surface area contributed by atoms with E-state index in [9.17, 15) is 5.11 Å². The molecule has 0 amide bonds. The molecule has 1 heterocycles. The lowest BCUT2D eigenvalue weighted by molar-refractivity contribution is 0.163. The fourth-order valence-corrected chi connectivity index (χ4v) is 2.12. The van der Waals surface area contributed by atoms with Crippen LogP contribution in [0, 0.1) is 0 Å². The summed E-state index contributed by atoms with van der Waals surface area (Å²) < 4.78 is 5.10. The van der Waals surface area contributed by atoms with Crippen molar-refractivity contribution >= 4 is 11.6 Å². The summed E-state index contributed by atoms with van der Waals surface area (Å²) in [4.78, 5) is 4.12. The van der Waals surface area contributed by atoms with Gasteiger partial charge in [0.25, 0.3) is 0 Å². The van der Waals surface area contributed by atoms with Gasteiger partial charge in [0.2, 0.25) is 0 Å². The molecule has 0 aliphatic heterocycles. The average Bonchev–Trinajstić information content (AvgIpc) is 2.46. The van der Waals surface area contributed by atoms with Gasteiger partial charge in [-0.05, 0) is 42.7 Å². The summed E-state index contributed by atoms with van der Waals surface area (Å²) in [5, 5.41) is 10.6. The van der Waals surface area contributed by atoms with Gasteiger partial charge in [0.1, 0.15) is 5.75 Å². The molecule has 0 saturated carbocycles. The fraction of sp³-hybridized carbons (Fsp3) is 0.267. The first kappa shape index (κ1) is 13.8. The molecule has 1 unspecified atom stereocenters. The molecular formula is C15H16ClNO2. The third kappa shape index (κ3) is 3.69. The van der Waals surface area contributed by atoms with Crippen LogP contribution in [-0.4, -0.2) is 17.2 Å². The number of aliphatic hydroxyl groups is 1. The highest BCUT2D eigenvalue weighted by atomic mass is 35.5. The van der Waals surface area contributed by atoms with Gasteiger partial charge in [-0.2, -0.15) is 0 Å². The lowest BCUT2D eigenvalue weighted by Crippen LogP contribution is -2.03. The molecule has 4 heteroatoms. The highest BCUT2D eigenvalue weighted by molar-refractivity contribution is 6.31. The molecule has 1 atom stereocenters. The van der Waals surface area contributed by atoms with Crippen LogP contribution in [0.5, 0.6) is 5.75 Å². The molecule has 1 N–H and O–H groups in total. The van der Waals surface area contributed by atoms with Gasteiger partial charge in [-0.3, -0.25) is 4.98 Å². The number of nitrogens with zero attached hydrogens (tertiary/aromatic N) is 1. The molecule has 100 valence electrons. The van der Waals surface area contributed by atoms with Crippen molar-refractivity contribution in [1.82, 2.24) is 4.98 Å². The minimum Gasteiger partial charge on any atom is -0.497 e. The molecule has 0 spiro atoms. The van der Waals surface area contributed by atoms with Crippen molar-refractivity contribution in [2.45, 2.75) is 18.9 Å². The van der Waals surface area contributed by atoms with Crippen LogP contribution >= 0.6 is 11.6 Å². The summed E-state index contributed by atoms with van der Waals surface area (Å²) >= 11 is 6.00. The number of hydrogen-bond acceptors (Lipinski definition) is 3. The quantitative estimate of drug-likeness (QED) is 0.911. The number of ether oxygens (including phenoxy) is 1. The Morgan fingerprint density at radius 2 is 2.00 bits per heavy atom. The topological polar surface area (TPSA) is 42.4 Å². The van der Waals surface area contributed by atoms with Crippen molar-refractivity contribution in [1.29, 1.82) is 0 Å². The van der Waals surface area contributed by atoms with Crippen LogP contribution in [0.3, 0.4) is 0 Å². The maximum Gasteiger partial charge on any atom is 0.118 e. The van der Waals surface area contributed by atoms with E-state index in [4.69, 9.17) is 16.3 Å². The van der Waals surface area contributed by atoms with Crippen molar-refractivity contribution in [2.24, 2.45) is 0 Å². The van der Waals surface area contributed by atoms with E-state index in [0.29, 0.717) is 17.1 Å². The highest BCUT2D eigenvalue weighted by Gasteiger charge is 2.12. The van der Waals surface area contributed by atoms with Crippen LogP contribution in [-0.2, 0) is 6.42 Å². The second kappa shape index (κ2) is 6.55. The van der Waals surface area contributed by atoms with E-state index >= 15 is 0 Å². The number of hydrogen-bond donors (Lipinski definition) is 1. The van der Waals surface area contributed by atoms with Crippen molar-refractivity contribution in [3.05, 3.63) is 58.9 Å². The molecular weight excluding hydrogens is 262 g/mol. The molecule has 0 radical (unpaired) electrons. The Morgan fingerprint density at radius 1 is 1.26 bits per heavy atom. The standard InChI is InChI=1S/C15H16ClNO2/c1-19-12-7-4-11(5-8-12)6-9-14(18)15-13(16)3-2-10-17-15/h2-5,7-8,10,14,18H,6,9H2,1H3. The Balaban J connectivity index is 1.96. The predicted molar refractivity (Wildman–Crippen MR) is 75.5 cm³/mol. The van der Waals surface area contributed by atoms with Gasteiger partial charge in [0.05, 0.1) is 23.9 Å². The maximum atomic E-state index is 10.1. The summed E-state index contributed by atoms with van der Waals surface area (Å²) in [6.07, 6.45) is 2.34. The molecule has 0 fully saturated rings. The summed E-state index contributed by atoms with van der Waals surface area (Å²) in [5.41, 5.74) is 1.68. The Labute approximate surface area is 117 Å². The van der Waals surface area contributed by atoms with Crippen LogP contribution in [0.2, 0.25) is 5.02 Å². The molecule has 0 saturated heterocycles. The van der Waals surface area contributed by atoms with E-state index < -0.39 is 6.10 Å². The molecule has 0 aliphatic rings. The SMILES string of the molecule is COc1ccc(CCC(O)c2ncccc2Cl)cc1. The van der Waals surface area contributed by atoms with Crippen LogP contribution in [0.25, 0.3) is 0 Å². The monoisotopic (exact) mass is 277 g/mol. The van der Waals surface area contributed by atoms with Gasteiger partial charge in [-0.1, -0.05) is 23.7 Å². The smallest absolute Gasteiger partial charge is 0.118 e. The van der Waals surface area contributed by atoms with Crippen LogP contribution in [0.15, 0.2) is 42.6 Å². The summed E-state index contributed by atoms with van der Waals surface area (Å²) in [7, 11) is 1.64. The number of methoxy groups -OCH3 is 1. The lowest BCUT2D eigenvalue weighted by Gasteiger charge is -2.11. The van der Waals surface area contributed by atoms with Crippen LogP contribution < -0.4 is 4.74 Å². The molecule has 2 aromatic rings. The predicted octanol–water partition coefficient (Wildman–Crippen LogP) is 3.41. The van der Waals surface area contributed by atoms with Gasteiger partial charge in [-0.25, -0.2) is 0 Å². The first-order chi connectivity index (χ1) is 9.20. The number of benzene rings is 1. The van der Waals surface area contributed by atoms with Gasteiger partial charge in [-0.15, -0.1) is 0 Å². The third-order valence-electron chi connectivity index (χ3n) is 2.97. The summed E-state index contributed by atoms with van der Waals surface area (Å²) in [6, 6.07) is 11.3. The largest absolute Gasteiger partial charge is 0.497 e. The first-order valence-corrected chi connectivity index (χ1v) is 6.50. The van der Waals surface area contributed by atoms with Crippen LogP contribution in [0.4, 0.5) is 0 Å². The number of rotatable bonds is 5. The molecule has 2 rings (SSSR count). The molecule has 1 aromatic carbocycles. The van der Waals surface area contributed by atoms with Gasteiger partial charge >= 0.3 is 0 Å². The van der Waals surface area contributed by atoms with E-state index in [1.54, 1.807) is 25.4 Å². The number of aryl methyl sites for hydroxylation is 1.